The molecule has 160 valence electrons. The normalized spacial score (nSPS) is 11.5. The molecule has 9 heteroatoms. The van der Waals surface area contributed by atoms with Crippen LogP contribution in [-0.4, -0.2) is 25.2 Å². The zero-order chi connectivity index (χ0) is 21.8. The van der Waals surface area contributed by atoms with Crippen LogP contribution in [0.5, 0.6) is 5.75 Å². The number of rotatable bonds is 8. The number of hydrogen-bond acceptors (Lipinski definition) is 7. The van der Waals surface area contributed by atoms with Crippen molar-refractivity contribution in [1.82, 2.24) is 14.9 Å². The van der Waals surface area contributed by atoms with Crippen molar-refractivity contribution in [2.24, 2.45) is 0 Å². The van der Waals surface area contributed by atoms with Gasteiger partial charge in [0.25, 0.3) is 5.89 Å². The highest BCUT2D eigenvalue weighted by Crippen LogP contribution is 2.33. The lowest BCUT2D eigenvalue weighted by Crippen LogP contribution is -2.23. The van der Waals surface area contributed by atoms with Gasteiger partial charge in [-0.15, -0.1) is 11.3 Å². The molecule has 2 heterocycles. The molecule has 0 aliphatic heterocycles. The molecule has 1 N–H and O–H groups in total. The van der Waals surface area contributed by atoms with E-state index in [1.54, 1.807) is 13.0 Å². The highest BCUT2D eigenvalue weighted by Gasteiger charge is 2.22. The van der Waals surface area contributed by atoms with Gasteiger partial charge >= 0.3 is 0 Å². The van der Waals surface area contributed by atoms with Crippen molar-refractivity contribution in [2.45, 2.75) is 25.3 Å². The van der Waals surface area contributed by atoms with Crippen molar-refractivity contribution in [2.75, 3.05) is 6.61 Å². The highest BCUT2D eigenvalue weighted by molar-refractivity contribution is 7.89. The van der Waals surface area contributed by atoms with Gasteiger partial charge in [0.05, 0.1) is 16.4 Å². The van der Waals surface area contributed by atoms with Gasteiger partial charge in [0.2, 0.25) is 15.8 Å². The molecule has 0 saturated heterocycles. The summed E-state index contributed by atoms with van der Waals surface area (Å²) >= 11 is 1.30. The first kappa shape index (κ1) is 21.2. The molecule has 2 aromatic carbocycles. The number of aryl methyl sites for hydroxylation is 1. The van der Waals surface area contributed by atoms with Gasteiger partial charge < -0.3 is 9.26 Å². The first-order valence-electron chi connectivity index (χ1n) is 9.67. The van der Waals surface area contributed by atoms with E-state index < -0.39 is 10.0 Å². The molecular formula is C22H21N3O4S2. The molecule has 0 bridgehead atoms. The van der Waals surface area contributed by atoms with Crippen LogP contribution in [0.3, 0.4) is 0 Å². The number of sulfonamides is 1. The maximum atomic E-state index is 12.9. The van der Waals surface area contributed by atoms with E-state index in [1.807, 2.05) is 61.5 Å². The fourth-order valence-corrected chi connectivity index (χ4v) is 5.52. The summed E-state index contributed by atoms with van der Waals surface area (Å²) in [6.45, 7) is 4.43. The van der Waals surface area contributed by atoms with Crippen LogP contribution < -0.4 is 9.46 Å². The van der Waals surface area contributed by atoms with Crippen molar-refractivity contribution in [3.05, 3.63) is 71.1 Å². The van der Waals surface area contributed by atoms with Crippen LogP contribution >= 0.6 is 11.3 Å². The fraction of sp³-hybridized carbons (Fsp3) is 0.182. The van der Waals surface area contributed by atoms with Crippen LogP contribution in [-0.2, 0) is 16.6 Å². The second kappa shape index (κ2) is 9.01. The predicted molar refractivity (Wildman–Crippen MR) is 119 cm³/mol. The summed E-state index contributed by atoms with van der Waals surface area (Å²) in [4.78, 5) is 5.87. The van der Waals surface area contributed by atoms with Gasteiger partial charge in [0, 0.05) is 17.0 Å². The van der Waals surface area contributed by atoms with Crippen molar-refractivity contribution in [3.63, 3.8) is 0 Å². The Labute approximate surface area is 184 Å². The maximum absolute atomic E-state index is 12.9. The third kappa shape index (κ3) is 4.84. The molecule has 0 aliphatic rings. The average molecular weight is 456 g/mol. The molecule has 0 saturated carbocycles. The summed E-state index contributed by atoms with van der Waals surface area (Å²) < 4.78 is 39.2. The lowest BCUT2D eigenvalue weighted by Gasteiger charge is -2.07. The predicted octanol–water partition coefficient (Wildman–Crippen LogP) is 4.65. The molecule has 2 aromatic heterocycles. The standard InChI is InChI=1S/C22H21N3O4S2/c1-3-28-18-11-9-16(10-12-18)14-23-31(26,27)20-13-19(30-15(20)2)22-24-21(25-29-22)17-7-5-4-6-8-17/h4-13,23H,3,14H2,1-2H3. The molecule has 0 fully saturated rings. The molecule has 0 atom stereocenters. The fourth-order valence-electron chi connectivity index (χ4n) is 2.99. The minimum absolute atomic E-state index is 0.179. The SMILES string of the molecule is CCOc1ccc(CNS(=O)(=O)c2cc(-c3nc(-c4ccccc4)no3)sc2C)cc1. The molecule has 0 aliphatic carbocycles. The van der Waals surface area contributed by atoms with Gasteiger partial charge in [0.15, 0.2) is 0 Å². The van der Waals surface area contributed by atoms with E-state index in [4.69, 9.17) is 9.26 Å². The maximum Gasteiger partial charge on any atom is 0.268 e. The van der Waals surface area contributed by atoms with Crippen molar-refractivity contribution in [1.29, 1.82) is 0 Å². The van der Waals surface area contributed by atoms with Crippen LogP contribution in [0.15, 0.2) is 70.1 Å². The molecule has 0 radical (unpaired) electrons. The Bertz CT molecular complexity index is 1260. The number of thiophene rings is 1. The van der Waals surface area contributed by atoms with E-state index in [0.29, 0.717) is 28.1 Å². The summed E-state index contributed by atoms with van der Waals surface area (Å²) in [5.74, 6) is 1.50. The molecule has 4 aromatic rings. The first-order chi connectivity index (χ1) is 15.0. The minimum Gasteiger partial charge on any atom is -0.494 e. The summed E-state index contributed by atoms with van der Waals surface area (Å²) in [5.41, 5.74) is 1.67. The van der Waals surface area contributed by atoms with Crippen LogP contribution in [0.2, 0.25) is 0 Å². The third-order valence-electron chi connectivity index (χ3n) is 4.53. The van der Waals surface area contributed by atoms with Crippen molar-refractivity contribution in [3.8, 4) is 27.9 Å². The largest absolute Gasteiger partial charge is 0.494 e. The quantitative estimate of drug-likeness (QED) is 0.416. The Morgan fingerprint density at radius 2 is 1.84 bits per heavy atom. The zero-order valence-corrected chi connectivity index (χ0v) is 18.7. The van der Waals surface area contributed by atoms with Crippen LogP contribution in [0.1, 0.15) is 17.4 Å². The molecule has 0 spiro atoms. The molecule has 0 unspecified atom stereocenters. The van der Waals surface area contributed by atoms with Crippen LogP contribution in [0.4, 0.5) is 0 Å². The zero-order valence-electron chi connectivity index (χ0n) is 17.0. The van der Waals surface area contributed by atoms with E-state index in [1.165, 1.54) is 11.3 Å². The van der Waals surface area contributed by atoms with E-state index in [9.17, 15) is 8.42 Å². The van der Waals surface area contributed by atoms with Gasteiger partial charge in [-0.05, 0) is 37.6 Å². The third-order valence-corrected chi connectivity index (χ3v) is 7.23. The van der Waals surface area contributed by atoms with Crippen molar-refractivity contribution < 1.29 is 17.7 Å². The Balaban J connectivity index is 1.50. The Morgan fingerprint density at radius 3 is 2.55 bits per heavy atom. The number of benzene rings is 2. The first-order valence-corrected chi connectivity index (χ1v) is 12.0. The number of nitrogens with zero attached hydrogens (tertiary/aromatic N) is 2. The summed E-state index contributed by atoms with van der Waals surface area (Å²) in [5, 5.41) is 4.01. The Kier molecular flexibility index (Phi) is 6.17. The van der Waals surface area contributed by atoms with E-state index in [0.717, 1.165) is 16.9 Å². The second-order valence-corrected chi connectivity index (χ2v) is 9.71. The topological polar surface area (TPSA) is 94.3 Å². The minimum atomic E-state index is -3.70. The molecule has 31 heavy (non-hydrogen) atoms. The van der Waals surface area contributed by atoms with E-state index >= 15 is 0 Å². The molecule has 0 amide bonds. The van der Waals surface area contributed by atoms with E-state index in [2.05, 4.69) is 14.9 Å². The summed E-state index contributed by atoms with van der Waals surface area (Å²) in [7, 11) is -3.70. The van der Waals surface area contributed by atoms with Gasteiger partial charge in [-0.25, -0.2) is 13.1 Å². The number of ether oxygens (including phenoxy) is 1. The smallest absolute Gasteiger partial charge is 0.268 e. The lowest BCUT2D eigenvalue weighted by atomic mass is 10.2. The summed E-state index contributed by atoms with van der Waals surface area (Å²) in [6, 6.07) is 18.3. The summed E-state index contributed by atoms with van der Waals surface area (Å²) in [6.07, 6.45) is 0. The Morgan fingerprint density at radius 1 is 1.10 bits per heavy atom. The van der Waals surface area contributed by atoms with Crippen LogP contribution in [0, 0.1) is 6.92 Å². The number of hydrogen-bond donors (Lipinski definition) is 1. The monoisotopic (exact) mass is 455 g/mol. The lowest BCUT2D eigenvalue weighted by molar-refractivity contribution is 0.340. The van der Waals surface area contributed by atoms with Crippen LogP contribution in [0.25, 0.3) is 22.2 Å². The molecular weight excluding hydrogens is 434 g/mol. The number of aromatic nitrogens is 2. The Hall–Kier alpha value is -3.01. The van der Waals surface area contributed by atoms with Gasteiger partial charge in [-0.3, -0.25) is 0 Å². The molecule has 4 rings (SSSR count). The van der Waals surface area contributed by atoms with E-state index in [-0.39, 0.29) is 11.4 Å². The average Bonchev–Trinajstić information content (AvgIpc) is 3.41. The van der Waals surface area contributed by atoms with Gasteiger partial charge in [-0.2, -0.15) is 4.98 Å². The molecule has 7 nitrogen and oxygen atoms in total. The van der Waals surface area contributed by atoms with Gasteiger partial charge in [0.1, 0.15) is 5.75 Å². The number of nitrogens with one attached hydrogen (secondary N) is 1. The second-order valence-electron chi connectivity index (χ2n) is 6.72. The highest BCUT2D eigenvalue weighted by atomic mass is 32.2. The van der Waals surface area contributed by atoms with Gasteiger partial charge in [-0.1, -0.05) is 47.6 Å². The van der Waals surface area contributed by atoms with Crippen molar-refractivity contribution >= 4 is 21.4 Å².